The number of para-hydroxylation sites is 4. The molecule has 0 atom stereocenters. The van der Waals surface area contributed by atoms with E-state index in [1.54, 1.807) is 0 Å². The van der Waals surface area contributed by atoms with Gasteiger partial charge in [0.1, 0.15) is 0 Å². The Morgan fingerprint density at radius 1 is 0.362 bits per heavy atom. The van der Waals surface area contributed by atoms with Crippen LogP contribution in [0.2, 0.25) is 0 Å². The second kappa shape index (κ2) is 12.2. The smallest absolute Gasteiger partial charge is 0.0541 e. The van der Waals surface area contributed by atoms with E-state index in [0.29, 0.717) is 0 Å². The first-order valence-electron chi connectivity index (χ1n) is 20.1. The Kier molecular flexibility index (Phi) is 6.72. The molecule has 8 aromatic carbocycles. The Hall–Kier alpha value is -7.14. The van der Waals surface area contributed by atoms with Gasteiger partial charge in [0, 0.05) is 75.4 Å². The molecule has 12 aromatic rings. The predicted molar refractivity (Wildman–Crippen MR) is 248 cm³/mol. The summed E-state index contributed by atoms with van der Waals surface area (Å²) in [5, 5.41) is 8.98. The Balaban J connectivity index is 0.958. The van der Waals surface area contributed by atoms with Crippen molar-refractivity contribution >= 4 is 92.1 Å². The molecular weight excluding hydrogens is 723 g/mol. The van der Waals surface area contributed by atoms with Gasteiger partial charge in [0.25, 0.3) is 0 Å². The highest BCUT2D eigenvalue weighted by atomic mass is 32.1. The number of fused-ring (bicyclic) bond motifs is 12. The average molecular weight is 758 g/mol. The molecule has 13 rings (SSSR count). The summed E-state index contributed by atoms with van der Waals surface area (Å²) in [4.78, 5) is 0. The van der Waals surface area contributed by atoms with Crippen molar-refractivity contribution in [2.75, 3.05) is 0 Å². The van der Waals surface area contributed by atoms with Crippen molar-refractivity contribution in [3.05, 3.63) is 193 Å². The molecule has 58 heavy (non-hydrogen) atoms. The molecule has 0 aliphatic heterocycles. The van der Waals surface area contributed by atoms with E-state index in [1.165, 1.54) is 114 Å². The molecule has 0 unspecified atom stereocenters. The van der Waals surface area contributed by atoms with E-state index in [4.69, 9.17) is 0 Å². The Labute approximate surface area is 338 Å². The van der Waals surface area contributed by atoms with Gasteiger partial charge in [-0.25, -0.2) is 0 Å². The maximum atomic E-state index is 2.48. The Morgan fingerprint density at radius 3 is 1.52 bits per heavy atom. The minimum absolute atomic E-state index is 1.05. The van der Waals surface area contributed by atoms with Gasteiger partial charge in [0.05, 0.1) is 27.6 Å². The van der Waals surface area contributed by atoms with Crippen LogP contribution < -0.4 is 0 Å². The first-order valence-corrected chi connectivity index (χ1v) is 21.0. The van der Waals surface area contributed by atoms with Crippen LogP contribution in [0.4, 0.5) is 0 Å². The summed E-state index contributed by atoms with van der Waals surface area (Å²) in [7, 11) is 0. The normalized spacial score (nSPS) is 13.0. The molecule has 0 amide bonds. The molecule has 0 spiro atoms. The highest BCUT2D eigenvalue weighted by Gasteiger charge is 2.20. The lowest BCUT2D eigenvalue weighted by molar-refractivity contribution is 0.889. The van der Waals surface area contributed by atoms with Crippen LogP contribution in [0.5, 0.6) is 0 Å². The summed E-state index contributed by atoms with van der Waals surface area (Å²) in [5.41, 5.74) is 14.9. The van der Waals surface area contributed by atoms with Gasteiger partial charge in [-0.3, -0.25) is 0 Å². The molecule has 4 heterocycles. The summed E-state index contributed by atoms with van der Waals surface area (Å²) >= 11 is 1.87. The number of thiophene rings is 1. The molecule has 0 saturated heterocycles. The maximum Gasteiger partial charge on any atom is 0.0541 e. The zero-order valence-electron chi connectivity index (χ0n) is 31.6. The maximum absolute atomic E-state index is 2.48. The summed E-state index contributed by atoms with van der Waals surface area (Å²) in [5.74, 6) is 0. The lowest BCUT2D eigenvalue weighted by Crippen LogP contribution is -2.03. The van der Waals surface area contributed by atoms with Gasteiger partial charge in [-0.15, -0.1) is 11.3 Å². The highest BCUT2D eigenvalue weighted by molar-refractivity contribution is 7.25. The van der Waals surface area contributed by atoms with E-state index in [9.17, 15) is 0 Å². The summed E-state index contributed by atoms with van der Waals surface area (Å²) in [6, 6.07) is 65.3. The average Bonchev–Trinajstić information content (AvgIpc) is 4.02. The second-order valence-electron chi connectivity index (χ2n) is 15.6. The molecule has 3 nitrogen and oxygen atoms in total. The zero-order valence-corrected chi connectivity index (χ0v) is 32.4. The van der Waals surface area contributed by atoms with E-state index in [2.05, 4.69) is 202 Å². The summed E-state index contributed by atoms with van der Waals surface area (Å²) < 4.78 is 9.96. The predicted octanol–water partition coefficient (Wildman–Crippen LogP) is 14.8. The molecular formula is C54H35N3S. The minimum Gasteiger partial charge on any atom is -0.313 e. The molecule has 0 N–H and O–H groups in total. The van der Waals surface area contributed by atoms with Crippen molar-refractivity contribution in [1.82, 2.24) is 13.7 Å². The number of hydrogen-bond acceptors (Lipinski definition) is 1. The van der Waals surface area contributed by atoms with Crippen molar-refractivity contribution in [2.45, 2.75) is 12.8 Å². The Bertz CT molecular complexity index is 3640. The van der Waals surface area contributed by atoms with Gasteiger partial charge >= 0.3 is 0 Å². The quantitative estimate of drug-likeness (QED) is 0.170. The standard InChI is InChI=1S/C54H35N3S/c1-6-19-47-39(14-1)40-15-2-7-20-48(40)55(47)36-13-11-12-34(30-36)35-24-27-52-44(31-35)43-18-5-10-23-51(43)57(52)38-26-29-54-46(33-38)45-32-37(25-28-53(45)58-54)56-49-21-8-3-16-41(49)42-17-4-9-22-50(42)56/h1-6,8-19,21-33H,7,20H2. The second-order valence-corrected chi connectivity index (χ2v) is 16.7. The third-order valence-corrected chi connectivity index (χ3v) is 13.6. The molecule has 1 aliphatic carbocycles. The van der Waals surface area contributed by atoms with Gasteiger partial charge in [-0.05, 0) is 109 Å². The zero-order chi connectivity index (χ0) is 37.9. The van der Waals surface area contributed by atoms with Crippen molar-refractivity contribution in [2.24, 2.45) is 0 Å². The fourth-order valence-electron chi connectivity index (χ4n) is 9.95. The van der Waals surface area contributed by atoms with Crippen molar-refractivity contribution in [1.29, 1.82) is 0 Å². The van der Waals surface area contributed by atoms with E-state index >= 15 is 0 Å². The molecule has 1 aliphatic rings. The van der Waals surface area contributed by atoms with Crippen molar-refractivity contribution in [3.8, 4) is 28.2 Å². The van der Waals surface area contributed by atoms with Gasteiger partial charge in [0.2, 0.25) is 0 Å². The van der Waals surface area contributed by atoms with Gasteiger partial charge in [-0.1, -0.05) is 103 Å². The Morgan fingerprint density at radius 2 is 0.879 bits per heavy atom. The van der Waals surface area contributed by atoms with E-state index < -0.39 is 0 Å². The summed E-state index contributed by atoms with van der Waals surface area (Å²) in [6.07, 6.45) is 6.74. The lowest BCUT2D eigenvalue weighted by atomic mass is 10.0. The largest absolute Gasteiger partial charge is 0.313 e. The topological polar surface area (TPSA) is 14.8 Å². The van der Waals surface area contributed by atoms with Crippen molar-refractivity contribution in [3.63, 3.8) is 0 Å². The van der Waals surface area contributed by atoms with Crippen LogP contribution in [-0.4, -0.2) is 13.7 Å². The molecule has 4 aromatic heterocycles. The molecule has 272 valence electrons. The SMILES string of the molecule is C1=Cc2c(n(-c3cccc(-c4ccc5c(c4)c4ccccc4n5-c4ccc5sc6ccc(-n7c8ccccc8c8ccccc87)cc6c5c4)c3)c3ccccc23)CC1. The van der Waals surface area contributed by atoms with Gasteiger partial charge in [-0.2, -0.15) is 0 Å². The lowest BCUT2D eigenvalue weighted by Gasteiger charge is -2.15. The fourth-order valence-corrected chi connectivity index (χ4v) is 11.0. The van der Waals surface area contributed by atoms with Crippen LogP contribution >= 0.6 is 11.3 Å². The molecule has 0 radical (unpaired) electrons. The molecule has 0 bridgehead atoms. The number of hydrogen-bond donors (Lipinski definition) is 0. The number of aromatic nitrogens is 3. The monoisotopic (exact) mass is 757 g/mol. The van der Waals surface area contributed by atoms with Crippen LogP contribution in [0.15, 0.2) is 182 Å². The number of benzene rings is 8. The first kappa shape index (κ1) is 32.0. The van der Waals surface area contributed by atoms with Crippen LogP contribution in [0.1, 0.15) is 17.7 Å². The van der Waals surface area contributed by atoms with Crippen LogP contribution in [0.3, 0.4) is 0 Å². The summed E-state index contributed by atoms with van der Waals surface area (Å²) in [6.45, 7) is 0. The van der Waals surface area contributed by atoms with E-state index in [0.717, 1.165) is 12.8 Å². The molecule has 0 fully saturated rings. The van der Waals surface area contributed by atoms with Gasteiger partial charge < -0.3 is 13.7 Å². The van der Waals surface area contributed by atoms with Crippen LogP contribution in [-0.2, 0) is 6.42 Å². The first-order chi connectivity index (χ1) is 28.8. The third kappa shape index (κ3) is 4.55. The number of nitrogens with zero attached hydrogens (tertiary/aromatic N) is 3. The van der Waals surface area contributed by atoms with Crippen LogP contribution in [0.25, 0.3) is 109 Å². The van der Waals surface area contributed by atoms with Gasteiger partial charge in [0.15, 0.2) is 0 Å². The fraction of sp³-hybridized carbons (Fsp3) is 0.0370. The van der Waals surface area contributed by atoms with E-state index in [1.807, 2.05) is 11.3 Å². The van der Waals surface area contributed by atoms with E-state index in [-0.39, 0.29) is 0 Å². The van der Waals surface area contributed by atoms with Crippen LogP contribution in [0, 0.1) is 0 Å². The molecule has 4 heteroatoms. The highest BCUT2D eigenvalue weighted by Crippen LogP contribution is 2.41. The number of rotatable bonds is 4. The van der Waals surface area contributed by atoms with Crippen molar-refractivity contribution < 1.29 is 0 Å². The number of allylic oxidation sites excluding steroid dienone is 1. The molecule has 0 saturated carbocycles. The third-order valence-electron chi connectivity index (χ3n) is 12.5. The minimum atomic E-state index is 1.05.